The molecule has 3 atom stereocenters. The molecular formula is C20H22N2O5. The van der Waals surface area contributed by atoms with E-state index in [-0.39, 0.29) is 23.4 Å². The summed E-state index contributed by atoms with van der Waals surface area (Å²) in [6.45, 7) is 0. The summed E-state index contributed by atoms with van der Waals surface area (Å²) in [6.07, 6.45) is 4.63. The third-order valence-corrected chi connectivity index (χ3v) is 6.13. The highest BCUT2D eigenvalue weighted by Crippen LogP contribution is 2.41. The first-order valence-corrected chi connectivity index (χ1v) is 9.31. The molecule has 0 spiro atoms. The summed E-state index contributed by atoms with van der Waals surface area (Å²) in [5.41, 5.74) is 0.869. The molecular weight excluding hydrogens is 348 g/mol. The SMILES string of the molecule is COC(=O)C1CC2CCCCC2N1C(=O)c1ccc2c(c1)C(=O)N(C)C2=O. The van der Waals surface area contributed by atoms with Crippen molar-refractivity contribution in [3.63, 3.8) is 0 Å². The summed E-state index contributed by atoms with van der Waals surface area (Å²) in [5, 5.41) is 0. The summed E-state index contributed by atoms with van der Waals surface area (Å²) < 4.78 is 4.94. The molecule has 1 aromatic rings. The Morgan fingerprint density at radius 3 is 2.52 bits per heavy atom. The van der Waals surface area contributed by atoms with Crippen LogP contribution in [0.3, 0.4) is 0 Å². The molecule has 1 aliphatic carbocycles. The van der Waals surface area contributed by atoms with Gasteiger partial charge in [-0.1, -0.05) is 12.8 Å². The average molecular weight is 370 g/mol. The molecule has 3 aliphatic rings. The number of nitrogens with zero attached hydrogens (tertiary/aromatic N) is 2. The number of carbonyl (C=O) groups excluding carboxylic acids is 4. The van der Waals surface area contributed by atoms with E-state index < -0.39 is 17.9 Å². The molecule has 0 bridgehead atoms. The van der Waals surface area contributed by atoms with Crippen LogP contribution in [0.15, 0.2) is 18.2 Å². The van der Waals surface area contributed by atoms with Gasteiger partial charge in [0.25, 0.3) is 17.7 Å². The van der Waals surface area contributed by atoms with Crippen molar-refractivity contribution in [3.05, 3.63) is 34.9 Å². The Morgan fingerprint density at radius 2 is 1.78 bits per heavy atom. The zero-order chi connectivity index (χ0) is 19.3. The van der Waals surface area contributed by atoms with Gasteiger partial charge < -0.3 is 9.64 Å². The van der Waals surface area contributed by atoms with Crippen LogP contribution in [0.4, 0.5) is 0 Å². The van der Waals surface area contributed by atoms with Crippen LogP contribution >= 0.6 is 0 Å². The minimum absolute atomic E-state index is 0.0172. The number of amides is 3. The lowest BCUT2D eigenvalue weighted by atomic mass is 9.84. The number of imide groups is 1. The molecule has 0 N–H and O–H groups in total. The lowest BCUT2D eigenvalue weighted by molar-refractivity contribution is -0.145. The number of fused-ring (bicyclic) bond motifs is 2. The first-order valence-electron chi connectivity index (χ1n) is 9.31. The number of rotatable bonds is 2. The molecule has 1 saturated heterocycles. The van der Waals surface area contributed by atoms with Gasteiger partial charge in [0.2, 0.25) is 0 Å². The maximum atomic E-state index is 13.3. The third-order valence-electron chi connectivity index (χ3n) is 6.13. The van der Waals surface area contributed by atoms with E-state index in [0.29, 0.717) is 23.5 Å². The van der Waals surface area contributed by atoms with Gasteiger partial charge in [-0.15, -0.1) is 0 Å². The Morgan fingerprint density at radius 1 is 1.07 bits per heavy atom. The highest BCUT2D eigenvalue weighted by Gasteiger charge is 2.48. The van der Waals surface area contributed by atoms with Crippen molar-refractivity contribution >= 4 is 23.7 Å². The lowest BCUT2D eigenvalue weighted by Gasteiger charge is -2.33. The summed E-state index contributed by atoms with van der Waals surface area (Å²) in [4.78, 5) is 52.6. The van der Waals surface area contributed by atoms with E-state index in [9.17, 15) is 19.2 Å². The molecule has 142 valence electrons. The second-order valence-corrected chi connectivity index (χ2v) is 7.53. The molecule has 27 heavy (non-hydrogen) atoms. The maximum absolute atomic E-state index is 13.3. The predicted octanol–water partition coefficient (Wildman–Crippen LogP) is 1.86. The van der Waals surface area contributed by atoms with Crippen molar-refractivity contribution in [2.75, 3.05) is 14.2 Å². The molecule has 3 amide bonds. The number of methoxy groups -OCH3 is 1. The number of benzene rings is 1. The Balaban J connectivity index is 1.69. The second-order valence-electron chi connectivity index (χ2n) is 7.53. The van der Waals surface area contributed by atoms with Gasteiger partial charge in [-0.2, -0.15) is 0 Å². The topological polar surface area (TPSA) is 84.0 Å². The van der Waals surface area contributed by atoms with Gasteiger partial charge in [0.1, 0.15) is 6.04 Å². The van der Waals surface area contributed by atoms with Gasteiger partial charge in [0.15, 0.2) is 0 Å². The smallest absolute Gasteiger partial charge is 0.328 e. The fourth-order valence-electron chi connectivity index (χ4n) is 4.74. The fraction of sp³-hybridized carbons (Fsp3) is 0.500. The van der Waals surface area contributed by atoms with Gasteiger partial charge in [-0.05, 0) is 43.4 Å². The predicted molar refractivity (Wildman–Crippen MR) is 95.2 cm³/mol. The summed E-state index contributed by atoms with van der Waals surface area (Å²) in [7, 11) is 2.76. The zero-order valence-corrected chi connectivity index (χ0v) is 15.4. The lowest BCUT2D eigenvalue weighted by Crippen LogP contribution is -2.46. The van der Waals surface area contributed by atoms with Crippen LogP contribution in [0.5, 0.6) is 0 Å². The van der Waals surface area contributed by atoms with Crippen LogP contribution in [0, 0.1) is 5.92 Å². The molecule has 7 nitrogen and oxygen atoms in total. The van der Waals surface area contributed by atoms with Crippen molar-refractivity contribution < 1.29 is 23.9 Å². The number of esters is 1. The minimum Gasteiger partial charge on any atom is -0.467 e. The number of hydrogen-bond donors (Lipinski definition) is 0. The quantitative estimate of drug-likeness (QED) is 0.586. The van der Waals surface area contributed by atoms with E-state index in [4.69, 9.17) is 4.74 Å². The molecule has 2 fully saturated rings. The normalized spacial score (nSPS) is 26.8. The van der Waals surface area contributed by atoms with Gasteiger partial charge in [0.05, 0.1) is 18.2 Å². The zero-order valence-electron chi connectivity index (χ0n) is 15.4. The Labute approximate surface area is 157 Å². The Hall–Kier alpha value is -2.70. The average Bonchev–Trinajstić information content (AvgIpc) is 3.18. The van der Waals surface area contributed by atoms with E-state index in [1.165, 1.54) is 26.3 Å². The van der Waals surface area contributed by atoms with Gasteiger partial charge in [-0.25, -0.2) is 4.79 Å². The largest absolute Gasteiger partial charge is 0.467 e. The molecule has 3 unspecified atom stereocenters. The van der Waals surface area contributed by atoms with E-state index in [0.717, 1.165) is 30.6 Å². The third kappa shape index (κ3) is 2.64. The molecule has 2 aliphatic heterocycles. The van der Waals surface area contributed by atoms with Crippen molar-refractivity contribution in [1.29, 1.82) is 0 Å². The van der Waals surface area contributed by atoms with Gasteiger partial charge >= 0.3 is 5.97 Å². The van der Waals surface area contributed by atoms with Crippen molar-refractivity contribution in [2.24, 2.45) is 5.92 Å². The highest BCUT2D eigenvalue weighted by molar-refractivity contribution is 6.21. The monoisotopic (exact) mass is 370 g/mol. The summed E-state index contributed by atoms with van der Waals surface area (Å²) >= 11 is 0. The second kappa shape index (κ2) is 6.48. The Kier molecular flexibility index (Phi) is 4.25. The van der Waals surface area contributed by atoms with Crippen LogP contribution in [-0.4, -0.2) is 59.7 Å². The van der Waals surface area contributed by atoms with Gasteiger partial charge in [-0.3, -0.25) is 19.3 Å². The molecule has 0 radical (unpaired) electrons. The number of likely N-dealkylation sites (tertiary alicyclic amines) is 1. The first-order chi connectivity index (χ1) is 12.9. The van der Waals surface area contributed by atoms with Crippen molar-refractivity contribution in [3.8, 4) is 0 Å². The number of carbonyl (C=O) groups is 4. The molecule has 1 saturated carbocycles. The molecule has 0 aromatic heterocycles. The van der Waals surface area contributed by atoms with Crippen LogP contribution < -0.4 is 0 Å². The summed E-state index contributed by atoms with van der Waals surface area (Å²) in [6, 6.07) is 3.99. The summed E-state index contributed by atoms with van der Waals surface area (Å²) in [5.74, 6) is -1.15. The highest BCUT2D eigenvalue weighted by atomic mass is 16.5. The first kappa shape index (κ1) is 17.7. The maximum Gasteiger partial charge on any atom is 0.328 e. The Bertz CT molecular complexity index is 849. The van der Waals surface area contributed by atoms with E-state index >= 15 is 0 Å². The minimum atomic E-state index is -0.594. The number of hydrogen-bond acceptors (Lipinski definition) is 5. The van der Waals surface area contributed by atoms with Crippen LogP contribution in [0.2, 0.25) is 0 Å². The van der Waals surface area contributed by atoms with Crippen molar-refractivity contribution in [2.45, 2.75) is 44.2 Å². The standard InChI is InChI=1S/C20H22N2O5/c1-21-18(24)13-8-7-12(9-14(13)19(21)25)17(23)22-15-6-4-3-5-11(15)10-16(22)20(26)27-2/h7-9,11,15-16H,3-6,10H2,1-2H3. The molecule has 1 aromatic carbocycles. The van der Waals surface area contributed by atoms with E-state index in [1.807, 2.05) is 0 Å². The van der Waals surface area contributed by atoms with Crippen LogP contribution in [0.1, 0.15) is 63.2 Å². The molecule has 7 heteroatoms. The van der Waals surface area contributed by atoms with Crippen molar-refractivity contribution in [1.82, 2.24) is 9.80 Å². The van der Waals surface area contributed by atoms with Crippen LogP contribution in [0.25, 0.3) is 0 Å². The van der Waals surface area contributed by atoms with Crippen LogP contribution in [-0.2, 0) is 9.53 Å². The van der Waals surface area contributed by atoms with Gasteiger partial charge in [0, 0.05) is 18.7 Å². The van der Waals surface area contributed by atoms with E-state index in [1.54, 1.807) is 11.0 Å². The number of ether oxygens (including phenoxy) is 1. The fourth-order valence-corrected chi connectivity index (χ4v) is 4.74. The molecule has 4 rings (SSSR count). The molecule has 2 heterocycles. The van der Waals surface area contributed by atoms with E-state index in [2.05, 4.69) is 0 Å².